The maximum atomic E-state index is 13.3. The van der Waals surface area contributed by atoms with Gasteiger partial charge in [-0.1, -0.05) is 23.7 Å². The standard InChI is InChI=1S/C24H20ClN3O2/c1-15(16-9-11-26-12-10-16)27-24(29)20-14-22(18-5-3-4-6-23(18)30-2)28-21-8-7-17(25)13-19(20)21/h3-15H,1-2H3,(H,27,29). The molecule has 1 amide bonds. The molecule has 6 heteroatoms. The van der Waals surface area contributed by atoms with Crippen molar-refractivity contribution in [2.75, 3.05) is 7.11 Å². The maximum absolute atomic E-state index is 13.3. The number of fused-ring (bicyclic) bond motifs is 1. The molecule has 0 fully saturated rings. The number of methoxy groups -OCH3 is 1. The van der Waals surface area contributed by atoms with Crippen LogP contribution in [0.15, 0.2) is 73.1 Å². The van der Waals surface area contributed by atoms with Crippen LogP contribution in [0.4, 0.5) is 0 Å². The fourth-order valence-electron chi connectivity index (χ4n) is 3.39. The average Bonchev–Trinajstić information content (AvgIpc) is 2.78. The van der Waals surface area contributed by atoms with E-state index in [-0.39, 0.29) is 11.9 Å². The summed E-state index contributed by atoms with van der Waals surface area (Å²) in [6.07, 6.45) is 3.42. The predicted molar refractivity (Wildman–Crippen MR) is 119 cm³/mol. The summed E-state index contributed by atoms with van der Waals surface area (Å²) in [5, 5.41) is 4.30. The molecule has 0 saturated carbocycles. The van der Waals surface area contributed by atoms with E-state index in [2.05, 4.69) is 10.3 Å². The first-order valence-electron chi connectivity index (χ1n) is 9.51. The van der Waals surface area contributed by atoms with E-state index in [1.165, 1.54) is 0 Å². The van der Waals surface area contributed by atoms with E-state index in [0.29, 0.717) is 32.9 Å². The molecule has 1 N–H and O–H groups in total. The first-order chi connectivity index (χ1) is 14.6. The van der Waals surface area contributed by atoms with Gasteiger partial charge in [-0.3, -0.25) is 9.78 Å². The molecule has 2 heterocycles. The van der Waals surface area contributed by atoms with Crippen molar-refractivity contribution in [2.24, 2.45) is 0 Å². The van der Waals surface area contributed by atoms with Gasteiger partial charge in [0.05, 0.1) is 29.9 Å². The number of ether oxygens (including phenoxy) is 1. The molecule has 0 saturated heterocycles. The number of hydrogen-bond acceptors (Lipinski definition) is 4. The molecule has 0 aliphatic carbocycles. The van der Waals surface area contributed by atoms with Gasteiger partial charge in [0.15, 0.2) is 0 Å². The minimum atomic E-state index is -0.204. The summed E-state index contributed by atoms with van der Waals surface area (Å²) < 4.78 is 5.49. The van der Waals surface area contributed by atoms with E-state index in [9.17, 15) is 4.79 Å². The van der Waals surface area contributed by atoms with Crippen molar-refractivity contribution in [3.63, 3.8) is 0 Å². The van der Waals surface area contributed by atoms with Crippen LogP contribution in [0, 0.1) is 0 Å². The SMILES string of the molecule is COc1ccccc1-c1cc(C(=O)NC(C)c2ccncc2)c2cc(Cl)ccc2n1. The fraction of sp³-hybridized carbons (Fsp3) is 0.125. The molecule has 4 rings (SSSR count). The monoisotopic (exact) mass is 417 g/mol. The zero-order valence-corrected chi connectivity index (χ0v) is 17.4. The fourth-order valence-corrected chi connectivity index (χ4v) is 3.56. The van der Waals surface area contributed by atoms with Gasteiger partial charge >= 0.3 is 0 Å². The Bertz CT molecular complexity index is 1210. The van der Waals surface area contributed by atoms with Crippen LogP contribution in [-0.2, 0) is 0 Å². The number of para-hydroxylation sites is 1. The second kappa shape index (κ2) is 8.51. The van der Waals surface area contributed by atoms with Gasteiger partial charge in [0.25, 0.3) is 5.91 Å². The smallest absolute Gasteiger partial charge is 0.252 e. The van der Waals surface area contributed by atoms with E-state index >= 15 is 0 Å². The van der Waals surface area contributed by atoms with Crippen LogP contribution in [0.2, 0.25) is 5.02 Å². The number of benzene rings is 2. The molecule has 2 aromatic heterocycles. The first kappa shape index (κ1) is 19.9. The summed E-state index contributed by atoms with van der Waals surface area (Å²) >= 11 is 6.21. The Morgan fingerprint density at radius 1 is 1.07 bits per heavy atom. The maximum Gasteiger partial charge on any atom is 0.252 e. The summed E-state index contributed by atoms with van der Waals surface area (Å²) in [7, 11) is 1.61. The molecule has 150 valence electrons. The lowest BCUT2D eigenvalue weighted by Gasteiger charge is -2.16. The van der Waals surface area contributed by atoms with E-state index < -0.39 is 0 Å². The molecule has 0 spiro atoms. The van der Waals surface area contributed by atoms with Crippen LogP contribution < -0.4 is 10.1 Å². The molecule has 5 nitrogen and oxygen atoms in total. The van der Waals surface area contributed by atoms with Gasteiger partial charge in [0, 0.05) is 28.4 Å². The number of hydrogen-bond donors (Lipinski definition) is 1. The second-order valence-electron chi connectivity index (χ2n) is 6.89. The Morgan fingerprint density at radius 3 is 2.60 bits per heavy atom. The third-order valence-corrected chi connectivity index (χ3v) is 5.19. The molecular weight excluding hydrogens is 398 g/mol. The number of nitrogens with zero attached hydrogens (tertiary/aromatic N) is 2. The molecule has 30 heavy (non-hydrogen) atoms. The molecule has 0 aliphatic rings. The highest BCUT2D eigenvalue weighted by atomic mass is 35.5. The molecule has 0 aliphatic heterocycles. The summed E-state index contributed by atoms with van der Waals surface area (Å²) in [6, 6.07) is 18.3. The van der Waals surface area contributed by atoms with E-state index in [4.69, 9.17) is 21.3 Å². The van der Waals surface area contributed by atoms with Crippen molar-refractivity contribution < 1.29 is 9.53 Å². The number of halogens is 1. The average molecular weight is 418 g/mol. The van der Waals surface area contributed by atoms with Crippen molar-refractivity contribution in [1.82, 2.24) is 15.3 Å². The number of pyridine rings is 2. The Labute approximate surface area is 179 Å². The van der Waals surface area contributed by atoms with Crippen molar-refractivity contribution in [2.45, 2.75) is 13.0 Å². The Morgan fingerprint density at radius 2 is 1.83 bits per heavy atom. The zero-order valence-electron chi connectivity index (χ0n) is 16.6. The zero-order chi connectivity index (χ0) is 21.1. The van der Waals surface area contributed by atoms with Crippen LogP contribution in [0.3, 0.4) is 0 Å². The van der Waals surface area contributed by atoms with Gasteiger partial charge in [0.2, 0.25) is 0 Å². The molecular formula is C24H20ClN3O2. The summed E-state index contributed by atoms with van der Waals surface area (Å²) in [5.41, 5.74) is 3.63. The molecule has 0 bridgehead atoms. The van der Waals surface area contributed by atoms with Gasteiger partial charge in [-0.15, -0.1) is 0 Å². The van der Waals surface area contributed by atoms with E-state index in [1.54, 1.807) is 37.7 Å². The molecule has 1 atom stereocenters. The Kier molecular flexibility index (Phi) is 5.63. The summed E-state index contributed by atoms with van der Waals surface area (Å²) in [6.45, 7) is 1.94. The minimum absolute atomic E-state index is 0.183. The number of aromatic nitrogens is 2. The Balaban J connectivity index is 1.81. The molecule has 2 aromatic carbocycles. The normalized spacial score (nSPS) is 11.8. The van der Waals surface area contributed by atoms with Crippen LogP contribution in [0.1, 0.15) is 28.9 Å². The highest BCUT2D eigenvalue weighted by molar-refractivity contribution is 6.31. The number of carbonyl (C=O) groups is 1. The van der Waals surface area contributed by atoms with Gasteiger partial charge < -0.3 is 10.1 Å². The van der Waals surface area contributed by atoms with Gasteiger partial charge in [0.1, 0.15) is 5.75 Å². The topological polar surface area (TPSA) is 64.1 Å². The second-order valence-corrected chi connectivity index (χ2v) is 7.33. The third-order valence-electron chi connectivity index (χ3n) is 4.95. The quantitative estimate of drug-likeness (QED) is 0.469. The Hall–Kier alpha value is -3.44. The van der Waals surface area contributed by atoms with E-state index in [1.807, 2.05) is 49.4 Å². The molecule has 4 aromatic rings. The van der Waals surface area contributed by atoms with E-state index in [0.717, 1.165) is 11.1 Å². The minimum Gasteiger partial charge on any atom is -0.496 e. The highest BCUT2D eigenvalue weighted by Crippen LogP contribution is 2.32. The summed E-state index contributed by atoms with van der Waals surface area (Å²) in [5.74, 6) is 0.486. The van der Waals surface area contributed by atoms with Crippen LogP contribution in [-0.4, -0.2) is 23.0 Å². The number of carbonyl (C=O) groups excluding carboxylic acids is 1. The van der Waals surface area contributed by atoms with Crippen LogP contribution in [0.25, 0.3) is 22.2 Å². The number of amides is 1. The highest BCUT2D eigenvalue weighted by Gasteiger charge is 2.18. The lowest BCUT2D eigenvalue weighted by atomic mass is 10.0. The van der Waals surface area contributed by atoms with Gasteiger partial charge in [-0.05, 0) is 61.0 Å². The first-order valence-corrected chi connectivity index (χ1v) is 9.89. The largest absolute Gasteiger partial charge is 0.496 e. The van der Waals surface area contributed by atoms with Crippen molar-refractivity contribution in [3.8, 4) is 17.0 Å². The molecule has 0 radical (unpaired) electrons. The van der Waals surface area contributed by atoms with Gasteiger partial charge in [-0.25, -0.2) is 4.98 Å². The predicted octanol–water partition coefficient (Wildman–Crippen LogP) is 5.45. The molecule has 1 unspecified atom stereocenters. The lowest BCUT2D eigenvalue weighted by Crippen LogP contribution is -2.27. The lowest BCUT2D eigenvalue weighted by molar-refractivity contribution is 0.0941. The van der Waals surface area contributed by atoms with Crippen molar-refractivity contribution in [1.29, 1.82) is 0 Å². The van der Waals surface area contributed by atoms with Crippen LogP contribution in [0.5, 0.6) is 5.75 Å². The van der Waals surface area contributed by atoms with Crippen molar-refractivity contribution in [3.05, 3.63) is 89.2 Å². The number of nitrogens with one attached hydrogen (secondary N) is 1. The van der Waals surface area contributed by atoms with Crippen LogP contribution >= 0.6 is 11.6 Å². The van der Waals surface area contributed by atoms with Crippen molar-refractivity contribution >= 4 is 28.4 Å². The third kappa shape index (κ3) is 3.98. The van der Waals surface area contributed by atoms with Gasteiger partial charge in [-0.2, -0.15) is 0 Å². The number of rotatable bonds is 5. The summed E-state index contributed by atoms with van der Waals surface area (Å²) in [4.78, 5) is 22.0.